The molecule has 1 fully saturated rings. The van der Waals surface area contributed by atoms with Crippen LogP contribution in [0.2, 0.25) is 0 Å². The molecule has 0 saturated carbocycles. The fraction of sp³-hybridized carbons (Fsp3) is 0.500. The van der Waals surface area contributed by atoms with Crippen LogP contribution in [0.5, 0.6) is 0 Å². The quantitative estimate of drug-likeness (QED) is 0.782. The maximum Gasteiger partial charge on any atom is 0.245 e. The van der Waals surface area contributed by atoms with Crippen LogP contribution in [0.15, 0.2) is 24.3 Å². The summed E-state index contributed by atoms with van der Waals surface area (Å²) in [6.45, 7) is 2.99. The van der Waals surface area contributed by atoms with Gasteiger partial charge in [0, 0.05) is 21.2 Å². The van der Waals surface area contributed by atoms with Crippen LogP contribution in [0, 0.1) is 0 Å². The summed E-state index contributed by atoms with van der Waals surface area (Å²) in [7, 11) is 0.311. The van der Waals surface area contributed by atoms with Crippen LogP contribution < -0.4 is 10.6 Å². The Morgan fingerprint density at radius 1 is 1.22 bits per heavy atom. The van der Waals surface area contributed by atoms with E-state index < -0.39 is 0 Å². The van der Waals surface area contributed by atoms with Crippen LogP contribution in [0.4, 0.5) is 4.79 Å². The highest BCUT2D eigenvalue weighted by Crippen LogP contribution is 2.26. The first-order valence-electron chi connectivity index (χ1n) is 6.71. The normalized spacial score (nSPS) is 22.9. The topological polar surface area (TPSA) is 32.3 Å². The maximum atomic E-state index is 12.4. The molecule has 1 amide bonds. The van der Waals surface area contributed by atoms with E-state index in [2.05, 4.69) is 28.4 Å². The number of hydrogen-bond donors (Lipinski definition) is 1. The van der Waals surface area contributed by atoms with Crippen LogP contribution in [0.25, 0.3) is 0 Å². The number of carbonyl (C=O) groups excluding carboxylic acids is 1. The minimum Gasteiger partial charge on any atom is -0.336 e. The van der Waals surface area contributed by atoms with Crippen molar-refractivity contribution in [2.45, 2.75) is 25.3 Å². The van der Waals surface area contributed by atoms with Crippen molar-refractivity contribution in [2.24, 2.45) is 0 Å². The van der Waals surface area contributed by atoms with E-state index in [1.54, 1.807) is 0 Å². The molecule has 1 atom stereocenters. The molecule has 3 nitrogen and oxygen atoms in total. The van der Waals surface area contributed by atoms with Gasteiger partial charge in [-0.05, 0) is 43.2 Å². The largest absolute Gasteiger partial charge is 0.336 e. The van der Waals surface area contributed by atoms with Crippen LogP contribution >= 0.6 is 8.58 Å². The first kappa shape index (κ1) is 12.1. The number of nitrogens with one attached hydrogen (secondary N) is 1. The lowest BCUT2D eigenvalue weighted by molar-refractivity contribution is 0.182. The summed E-state index contributed by atoms with van der Waals surface area (Å²) < 4.78 is 0. The van der Waals surface area contributed by atoms with E-state index >= 15 is 0 Å². The summed E-state index contributed by atoms with van der Waals surface area (Å²) in [6, 6.07) is 8.85. The second-order valence-electron chi connectivity index (χ2n) is 5.01. The molecule has 1 aromatic carbocycles. The summed E-state index contributed by atoms with van der Waals surface area (Å²) in [5, 5.41) is 4.61. The first-order chi connectivity index (χ1) is 8.84. The Morgan fingerprint density at radius 2 is 2.00 bits per heavy atom. The molecule has 1 N–H and O–H groups in total. The predicted octanol–water partition coefficient (Wildman–Crippen LogP) is 1.72. The molecule has 2 aliphatic rings. The van der Waals surface area contributed by atoms with E-state index in [9.17, 15) is 4.79 Å². The van der Waals surface area contributed by atoms with E-state index in [0.29, 0.717) is 20.3 Å². The van der Waals surface area contributed by atoms with Gasteiger partial charge in [-0.1, -0.05) is 24.3 Å². The van der Waals surface area contributed by atoms with E-state index in [1.807, 2.05) is 6.07 Å². The Labute approximate surface area is 110 Å². The van der Waals surface area contributed by atoms with Gasteiger partial charge in [-0.3, -0.25) is 4.79 Å². The molecule has 2 aliphatic heterocycles. The summed E-state index contributed by atoms with van der Waals surface area (Å²) in [4.78, 5) is 14.5. The SMILES string of the molecule is O=C1Pc2ccccc2CCN1C1CCNCC1. The van der Waals surface area contributed by atoms with Crippen molar-refractivity contribution in [3.63, 3.8) is 0 Å². The van der Waals surface area contributed by atoms with Crippen LogP contribution in [-0.2, 0) is 6.42 Å². The Kier molecular flexibility index (Phi) is 3.62. The number of hydrogen-bond acceptors (Lipinski definition) is 2. The molecule has 1 saturated heterocycles. The Hall–Kier alpha value is -0.920. The molecule has 0 spiro atoms. The third-order valence-corrected chi connectivity index (χ3v) is 5.15. The fourth-order valence-corrected chi connectivity index (χ4v) is 4.07. The van der Waals surface area contributed by atoms with Gasteiger partial charge in [-0.2, -0.15) is 0 Å². The molecule has 4 heteroatoms. The maximum absolute atomic E-state index is 12.4. The van der Waals surface area contributed by atoms with Crippen molar-refractivity contribution in [3.8, 4) is 0 Å². The standard InChI is InChI=1S/C14H19N2OP/c17-14-16(12-5-8-15-9-6-12)10-7-11-3-1-2-4-13(11)18-14/h1-4,12,15,18H,5-10H2. The van der Waals surface area contributed by atoms with E-state index in [-0.39, 0.29) is 0 Å². The molecular weight excluding hydrogens is 243 g/mol. The summed E-state index contributed by atoms with van der Waals surface area (Å²) >= 11 is 0. The number of carbonyl (C=O) groups is 1. The van der Waals surface area contributed by atoms with E-state index in [0.717, 1.165) is 38.9 Å². The average molecular weight is 262 g/mol. The summed E-state index contributed by atoms with van der Waals surface area (Å²) in [6.07, 6.45) is 3.22. The smallest absolute Gasteiger partial charge is 0.245 e. The highest BCUT2D eigenvalue weighted by atomic mass is 31.1. The molecule has 1 unspecified atom stereocenters. The number of piperidine rings is 1. The molecule has 2 heterocycles. The van der Waals surface area contributed by atoms with Crippen molar-refractivity contribution >= 4 is 19.5 Å². The second kappa shape index (κ2) is 5.38. The highest BCUT2D eigenvalue weighted by molar-refractivity contribution is 7.65. The van der Waals surface area contributed by atoms with Crippen molar-refractivity contribution < 1.29 is 4.79 Å². The van der Waals surface area contributed by atoms with Crippen molar-refractivity contribution in [2.75, 3.05) is 19.6 Å². The van der Waals surface area contributed by atoms with Crippen molar-refractivity contribution in [1.29, 1.82) is 0 Å². The minimum atomic E-state index is 0.311. The third-order valence-electron chi connectivity index (χ3n) is 3.89. The summed E-state index contributed by atoms with van der Waals surface area (Å²) in [5.74, 6) is 0. The lowest BCUT2D eigenvalue weighted by Crippen LogP contribution is -2.45. The van der Waals surface area contributed by atoms with Gasteiger partial charge < -0.3 is 10.2 Å². The highest BCUT2D eigenvalue weighted by Gasteiger charge is 2.27. The van der Waals surface area contributed by atoms with Gasteiger partial charge in [0.25, 0.3) is 0 Å². The average Bonchev–Trinajstić information content (AvgIpc) is 2.58. The molecule has 0 bridgehead atoms. The second-order valence-corrected chi connectivity index (χ2v) is 6.23. The van der Waals surface area contributed by atoms with E-state index in [4.69, 9.17) is 0 Å². The third kappa shape index (κ3) is 2.43. The van der Waals surface area contributed by atoms with Gasteiger partial charge >= 0.3 is 0 Å². The zero-order valence-corrected chi connectivity index (χ0v) is 11.5. The van der Waals surface area contributed by atoms with Crippen molar-refractivity contribution in [3.05, 3.63) is 29.8 Å². The van der Waals surface area contributed by atoms with Gasteiger partial charge in [-0.25, -0.2) is 0 Å². The zero-order valence-electron chi connectivity index (χ0n) is 10.5. The zero-order chi connectivity index (χ0) is 12.4. The number of fused-ring (bicyclic) bond motifs is 1. The van der Waals surface area contributed by atoms with E-state index in [1.165, 1.54) is 10.9 Å². The molecule has 18 heavy (non-hydrogen) atoms. The fourth-order valence-electron chi connectivity index (χ4n) is 2.86. The van der Waals surface area contributed by atoms with Crippen LogP contribution in [-0.4, -0.2) is 36.2 Å². The molecule has 0 aliphatic carbocycles. The van der Waals surface area contributed by atoms with Crippen LogP contribution in [0.3, 0.4) is 0 Å². The number of amides is 1. The predicted molar refractivity (Wildman–Crippen MR) is 76.1 cm³/mol. The van der Waals surface area contributed by atoms with Gasteiger partial charge in [-0.15, -0.1) is 0 Å². The Balaban J connectivity index is 1.78. The number of rotatable bonds is 1. The molecule has 96 valence electrons. The van der Waals surface area contributed by atoms with Gasteiger partial charge in [0.1, 0.15) is 0 Å². The van der Waals surface area contributed by atoms with Crippen LogP contribution in [0.1, 0.15) is 18.4 Å². The van der Waals surface area contributed by atoms with Gasteiger partial charge in [0.2, 0.25) is 5.65 Å². The molecule has 0 radical (unpaired) electrons. The minimum absolute atomic E-state index is 0.311. The van der Waals surface area contributed by atoms with Crippen molar-refractivity contribution in [1.82, 2.24) is 10.2 Å². The first-order valence-corrected chi connectivity index (χ1v) is 7.71. The monoisotopic (exact) mass is 262 g/mol. The number of benzene rings is 1. The molecule has 1 aromatic rings. The van der Waals surface area contributed by atoms with Gasteiger partial charge in [0.15, 0.2) is 0 Å². The summed E-state index contributed by atoms with van der Waals surface area (Å²) in [5.41, 5.74) is 1.70. The molecular formula is C14H19N2OP. The number of nitrogens with zero attached hydrogens (tertiary/aromatic N) is 1. The lowest BCUT2D eigenvalue weighted by Gasteiger charge is -2.33. The Morgan fingerprint density at radius 3 is 2.83 bits per heavy atom. The van der Waals surface area contributed by atoms with Gasteiger partial charge in [0.05, 0.1) is 0 Å². The Bertz CT molecular complexity index is 443. The lowest BCUT2D eigenvalue weighted by atomic mass is 10.0. The molecule has 0 aromatic heterocycles. The molecule has 3 rings (SSSR count).